The van der Waals surface area contributed by atoms with Crippen LogP contribution in [0.15, 0.2) is 48.5 Å². The third-order valence-electron chi connectivity index (χ3n) is 6.21. The van der Waals surface area contributed by atoms with Gasteiger partial charge in [-0.1, -0.05) is 56.3 Å². The molecule has 0 saturated carbocycles. The summed E-state index contributed by atoms with van der Waals surface area (Å²) in [5, 5.41) is 3.23. The van der Waals surface area contributed by atoms with E-state index in [9.17, 15) is 9.59 Å². The highest BCUT2D eigenvalue weighted by atomic mass is 79.9. The molecule has 0 bridgehead atoms. The van der Waals surface area contributed by atoms with Gasteiger partial charge in [0.15, 0.2) is 0 Å². The summed E-state index contributed by atoms with van der Waals surface area (Å²) in [5.74, 6) is -0.287. The molecule has 3 N–H and O–H groups in total. The molecule has 0 spiro atoms. The Labute approximate surface area is 188 Å². The summed E-state index contributed by atoms with van der Waals surface area (Å²) in [5.41, 5.74) is 10.5. The monoisotopic (exact) mass is 471 g/mol. The van der Waals surface area contributed by atoms with E-state index in [1.807, 2.05) is 50.2 Å². The Balaban J connectivity index is 0.00000256. The number of carbonyl (C=O) groups is 2. The van der Waals surface area contributed by atoms with Crippen molar-refractivity contribution in [2.24, 2.45) is 11.7 Å². The van der Waals surface area contributed by atoms with Gasteiger partial charge in [0.05, 0.1) is 12.1 Å². The third-order valence-corrected chi connectivity index (χ3v) is 6.21. The molecule has 0 aromatic heterocycles. The maximum atomic E-state index is 13.4. The van der Waals surface area contributed by atoms with Crippen LogP contribution in [0.4, 0.5) is 5.69 Å². The topological polar surface area (TPSA) is 75.4 Å². The first-order valence-corrected chi connectivity index (χ1v) is 10.5. The first-order chi connectivity index (χ1) is 14.0. The molecule has 30 heavy (non-hydrogen) atoms. The Bertz CT molecular complexity index is 930. The minimum atomic E-state index is -0.633. The van der Waals surface area contributed by atoms with Crippen LogP contribution >= 0.6 is 17.0 Å². The largest absolute Gasteiger partial charge is 0.347 e. The maximum Gasteiger partial charge on any atom is 0.244 e. The van der Waals surface area contributed by atoms with Gasteiger partial charge >= 0.3 is 0 Å². The molecule has 5 nitrogen and oxygen atoms in total. The lowest BCUT2D eigenvalue weighted by atomic mass is 9.87. The molecule has 3 atom stereocenters. The van der Waals surface area contributed by atoms with Crippen LogP contribution in [0.25, 0.3) is 0 Å². The van der Waals surface area contributed by atoms with Gasteiger partial charge in [0, 0.05) is 12.1 Å². The molecular weight excluding hydrogens is 442 g/mol. The number of amides is 2. The molecule has 1 heterocycles. The molecule has 160 valence electrons. The van der Waals surface area contributed by atoms with Crippen LogP contribution in [0.2, 0.25) is 0 Å². The summed E-state index contributed by atoms with van der Waals surface area (Å²) in [6, 6.07) is 14.8. The summed E-state index contributed by atoms with van der Waals surface area (Å²) in [6.45, 7) is 3.86. The van der Waals surface area contributed by atoms with E-state index >= 15 is 0 Å². The molecule has 2 amide bonds. The fourth-order valence-electron chi connectivity index (χ4n) is 4.49. The molecule has 2 aliphatic rings. The van der Waals surface area contributed by atoms with Gasteiger partial charge in [-0.2, -0.15) is 0 Å². The van der Waals surface area contributed by atoms with E-state index in [1.165, 1.54) is 11.1 Å². The second-order valence-corrected chi connectivity index (χ2v) is 8.48. The van der Waals surface area contributed by atoms with Gasteiger partial charge in [0.1, 0.15) is 6.04 Å². The third kappa shape index (κ3) is 4.16. The van der Waals surface area contributed by atoms with E-state index in [4.69, 9.17) is 5.73 Å². The van der Waals surface area contributed by atoms with Gasteiger partial charge in [-0.05, 0) is 47.9 Å². The summed E-state index contributed by atoms with van der Waals surface area (Å²) < 4.78 is 0. The van der Waals surface area contributed by atoms with Crippen molar-refractivity contribution in [1.29, 1.82) is 0 Å². The Kier molecular flexibility index (Phi) is 6.98. The maximum absolute atomic E-state index is 13.4. The normalized spacial score (nSPS) is 20.7. The second-order valence-electron chi connectivity index (χ2n) is 8.48. The van der Waals surface area contributed by atoms with Crippen LogP contribution < -0.4 is 16.0 Å². The van der Waals surface area contributed by atoms with Gasteiger partial charge in [0.25, 0.3) is 0 Å². The second kappa shape index (κ2) is 9.31. The molecule has 2 aromatic carbocycles. The number of carbonyl (C=O) groups excluding carboxylic acids is 2. The van der Waals surface area contributed by atoms with Gasteiger partial charge in [-0.25, -0.2) is 0 Å². The zero-order valence-electron chi connectivity index (χ0n) is 17.5. The Hall–Kier alpha value is -2.18. The first-order valence-electron chi connectivity index (χ1n) is 10.5. The first kappa shape index (κ1) is 22.5. The standard InChI is InChI=1S/C24H29N3O2.BrH/c1-15(2)22(25)24(29)27-20-13-6-4-9-17(20)14-21(27)23(28)26-19-12-7-10-16-8-3-5-11-18(16)19;/h3-6,8-9,11,13,15,19,21-22H,7,10,12,14,25H2,1-2H3,(H,26,28);1H/t19-,21+,22+;/m1./s1. The van der Waals surface area contributed by atoms with Crippen molar-refractivity contribution >= 4 is 34.5 Å². The molecule has 4 rings (SSSR count). The van der Waals surface area contributed by atoms with Crippen LogP contribution in [0.1, 0.15) is 49.4 Å². The van der Waals surface area contributed by atoms with E-state index in [1.54, 1.807) is 4.90 Å². The molecule has 6 heteroatoms. The highest BCUT2D eigenvalue weighted by molar-refractivity contribution is 8.93. The number of benzene rings is 2. The van der Waals surface area contributed by atoms with E-state index in [0.29, 0.717) is 6.42 Å². The average molecular weight is 472 g/mol. The van der Waals surface area contributed by atoms with Gasteiger partial charge in [-0.15, -0.1) is 17.0 Å². The van der Waals surface area contributed by atoms with E-state index in [2.05, 4.69) is 17.4 Å². The number of nitrogens with two attached hydrogens (primary N) is 1. The molecular formula is C24H30BrN3O2. The number of aryl methyl sites for hydroxylation is 1. The van der Waals surface area contributed by atoms with Crippen LogP contribution in [0.5, 0.6) is 0 Å². The number of hydrogen-bond donors (Lipinski definition) is 2. The number of nitrogens with zero attached hydrogens (tertiary/aromatic N) is 1. The lowest BCUT2D eigenvalue weighted by Crippen LogP contribution is -2.54. The SMILES string of the molecule is Br.CC(C)[C@H](N)C(=O)N1c2ccccc2C[C@H]1C(=O)N[C@@H]1CCCc2ccccc21. The van der Waals surface area contributed by atoms with Crippen molar-refractivity contribution in [2.45, 2.75) is 57.7 Å². The molecule has 0 radical (unpaired) electrons. The summed E-state index contributed by atoms with van der Waals surface area (Å²) in [6.07, 6.45) is 3.54. The van der Waals surface area contributed by atoms with Crippen molar-refractivity contribution in [3.8, 4) is 0 Å². The zero-order chi connectivity index (χ0) is 20.5. The molecule has 1 aliphatic heterocycles. The molecule has 0 unspecified atom stereocenters. The van der Waals surface area contributed by atoms with E-state index in [0.717, 1.165) is 30.5 Å². The average Bonchev–Trinajstić information content (AvgIpc) is 3.12. The summed E-state index contributed by atoms with van der Waals surface area (Å²) in [4.78, 5) is 28.2. The van der Waals surface area contributed by atoms with Crippen LogP contribution in [-0.2, 0) is 22.4 Å². The van der Waals surface area contributed by atoms with Crippen molar-refractivity contribution in [3.63, 3.8) is 0 Å². The predicted octanol–water partition coefficient (Wildman–Crippen LogP) is 3.70. The number of nitrogens with one attached hydrogen (secondary N) is 1. The van der Waals surface area contributed by atoms with Gasteiger partial charge in [0.2, 0.25) is 11.8 Å². The van der Waals surface area contributed by atoms with Crippen molar-refractivity contribution in [3.05, 3.63) is 65.2 Å². The summed E-state index contributed by atoms with van der Waals surface area (Å²) >= 11 is 0. The molecule has 1 aliphatic carbocycles. The van der Waals surface area contributed by atoms with Crippen LogP contribution in [0, 0.1) is 5.92 Å². The molecule has 0 saturated heterocycles. The number of para-hydroxylation sites is 1. The smallest absolute Gasteiger partial charge is 0.244 e. The van der Waals surface area contributed by atoms with E-state index < -0.39 is 12.1 Å². The highest BCUT2D eigenvalue weighted by Crippen LogP contribution is 2.34. The number of rotatable bonds is 4. The predicted molar refractivity (Wildman–Crippen MR) is 125 cm³/mol. The number of anilines is 1. The number of hydrogen-bond acceptors (Lipinski definition) is 3. The van der Waals surface area contributed by atoms with Crippen molar-refractivity contribution < 1.29 is 9.59 Å². The van der Waals surface area contributed by atoms with Crippen molar-refractivity contribution in [2.75, 3.05) is 4.90 Å². The van der Waals surface area contributed by atoms with E-state index in [-0.39, 0.29) is 40.8 Å². The molecule has 0 fully saturated rings. The summed E-state index contributed by atoms with van der Waals surface area (Å²) in [7, 11) is 0. The van der Waals surface area contributed by atoms with Crippen LogP contribution in [-0.4, -0.2) is 23.9 Å². The number of fused-ring (bicyclic) bond motifs is 2. The molecule has 2 aromatic rings. The lowest BCUT2D eigenvalue weighted by Gasteiger charge is -2.31. The van der Waals surface area contributed by atoms with Gasteiger partial charge in [-0.3, -0.25) is 14.5 Å². The van der Waals surface area contributed by atoms with Crippen LogP contribution in [0.3, 0.4) is 0 Å². The van der Waals surface area contributed by atoms with Gasteiger partial charge < -0.3 is 11.1 Å². The van der Waals surface area contributed by atoms with Crippen molar-refractivity contribution in [1.82, 2.24) is 5.32 Å². The fourth-order valence-corrected chi connectivity index (χ4v) is 4.49. The Morgan fingerprint density at radius 2 is 1.73 bits per heavy atom. The zero-order valence-corrected chi connectivity index (χ0v) is 19.2. The quantitative estimate of drug-likeness (QED) is 0.713. The number of halogens is 1. The fraction of sp³-hybridized carbons (Fsp3) is 0.417. The lowest BCUT2D eigenvalue weighted by molar-refractivity contribution is -0.127. The Morgan fingerprint density at radius 1 is 1.07 bits per heavy atom. The minimum absolute atomic E-state index is 0. The minimum Gasteiger partial charge on any atom is -0.347 e. The Morgan fingerprint density at radius 3 is 2.47 bits per heavy atom. The highest BCUT2D eigenvalue weighted by Gasteiger charge is 2.41.